The summed E-state index contributed by atoms with van der Waals surface area (Å²) >= 11 is 0. The van der Waals surface area contributed by atoms with Crippen LogP contribution in [0.25, 0.3) is 0 Å². The van der Waals surface area contributed by atoms with E-state index in [0.29, 0.717) is 24.2 Å². The number of amides is 1. The number of anilines is 2. The monoisotopic (exact) mass is 373 g/mol. The normalized spacial score (nSPS) is 16.7. The van der Waals surface area contributed by atoms with Gasteiger partial charge in [-0.2, -0.15) is 0 Å². The van der Waals surface area contributed by atoms with Crippen LogP contribution in [0.3, 0.4) is 0 Å². The lowest BCUT2D eigenvalue weighted by Crippen LogP contribution is -2.52. The van der Waals surface area contributed by atoms with Gasteiger partial charge in [-0.3, -0.25) is 9.52 Å². The number of carbonyl (C=O) groups is 1. The van der Waals surface area contributed by atoms with Crippen LogP contribution < -0.4 is 15.8 Å². The summed E-state index contributed by atoms with van der Waals surface area (Å²) < 4.78 is 27.6. The Morgan fingerprint density at radius 2 is 1.58 bits per heavy atom. The minimum absolute atomic E-state index is 0.0777. The van der Waals surface area contributed by atoms with Crippen LogP contribution in [0.4, 0.5) is 11.4 Å². The van der Waals surface area contributed by atoms with E-state index in [1.807, 2.05) is 6.07 Å². The Bertz CT molecular complexity index is 876. The van der Waals surface area contributed by atoms with E-state index in [0.717, 1.165) is 19.3 Å². The van der Waals surface area contributed by atoms with Gasteiger partial charge in [0, 0.05) is 11.4 Å². The molecule has 1 aliphatic rings. The highest BCUT2D eigenvalue weighted by atomic mass is 32.2. The average molecular weight is 373 g/mol. The average Bonchev–Trinajstić information content (AvgIpc) is 2.63. The van der Waals surface area contributed by atoms with Gasteiger partial charge >= 0.3 is 0 Å². The Balaban J connectivity index is 1.76. The third-order valence-corrected chi connectivity index (χ3v) is 6.01. The first kappa shape index (κ1) is 18.4. The second kappa shape index (κ2) is 7.47. The lowest BCUT2D eigenvalue weighted by Gasteiger charge is -2.31. The third kappa shape index (κ3) is 4.23. The molecule has 0 heterocycles. The number of rotatable bonds is 5. The summed E-state index contributed by atoms with van der Waals surface area (Å²) in [5, 5.41) is 2.77. The van der Waals surface area contributed by atoms with Crippen molar-refractivity contribution < 1.29 is 13.2 Å². The molecule has 2 aromatic rings. The van der Waals surface area contributed by atoms with Crippen molar-refractivity contribution in [1.29, 1.82) is 0 Å². The molecule has 1 fully saturated rings. The number of nitrogens with one attached hydrogen (secondary N) is 2. The summed E-state index contributed by atoms with van der Waals surface area (Å²) in [6, 6.07) is 14.8. The molecule has 138 valence electrons. The van der Waals surface area contributed by atoms with Crippen molar-refractivity contribution in [2.75, 3.05) is 10.0 Å². The maximum Gasteiger partial charge on any atom is 0.261 e. The first-order valence-electron chi connectivity index (χ1n) is 8.67. The molecule has 2 aromatic carbocycles. The SMILES string of the molecule is NC1(C(=O)Nc2cccc(S(=O)(=O)Nc3ccccc3)c2)CCCCC1. The minimum atomic E-state index is -3.74. The van der Waals surface area contributed by atoms with Crippen molar-refractivity contribution in [2.45, 2.75) is 42.5 Å². The highest BCUT2D eigenvalue weighted by Crippen LogP contribution is 2.27. The Labute approximate surface area is 153 Å². The highest BCUT2D eigenvalue weighted by molar-refractivity contribution is 7.92. The van der Waals surface area contributed by atoms with Gasteiger partial charge in [0.1, 0.15) is 0 Å². The van der Waals surface area contributed by atoms with Crippen molar-refractivity contribution in [3.63, 3.8) is 0 Å². The van der Waals surface area contributed by atoms with Crippen LogP contribution >= 0.6 is 0 Å². The van der Waals surface area contributed by atoms with Crippen LogP contribution in [0.5, 0.6) is 0 Å². The van der Waals surface area contributed by atoms with E-state index in [1.165, 1.54) is 12.1 Å². The van der Waals surface area contributed by atoms with Crippen molar-refractivity contribution in [1.82, 2.24) is 0 Å². The van der Waals surface area contributed by atoms with Gasteiger partial charge in [0.25, 0.3) is 10.0 Å². The van der Waals surface area contributed by atoms with Gasteiger partial charge in [-0.25, -0.2) is 8.42 Å². The molecule has 0 aromatic heterocycles. The van der Waals surface area contributed by atoms with Crippen LogP contribution in [0.1, 0.15) is 32.1 Å². The molecule has 0 aliphatic heterocycles. The highest BCUT2D eigenvalue weighted by Gasteiger charge is 2.35. The third-order valence-electron chi connectivity index (χ3n) is 4.63. The van der Waals surface area contributed by atoms with Crippen molar-refractivity contribution in [2.24, 2.45) is 5.73 Å². The van der Waals surface area contributed by atoms with Crippen LogP contribution in [0.15, 0.2) is 59.5 Å². The van der Waals surface area contributed by atoms with E-state index >= 15 is 0 Å². The number of carbonyl (C=O) groups excluding carboxylic acids is 1. The largest absolute Gasteiger partial charge is 0.324 e. The predicted molar refractivity (Wildman–Crippen MR) is 102 cm³/mol. The zero-order chi connectivity index (χ0) is 18.6. The first-order valence-corrected chi connectivity index (χ1v) is 10.2. The maximum absolute atomic E-state index is 12.6. The summed E-state index contributed by atoms with van der Waals surface area (Å²) in [6.07, 6.45) is 4.24. The van der Waals surface area contributed by atoms with Gasteiger partial charge < -0.3 is 11.1 Å². The molecule has 1 amide bonds. The van der Waals surface area contributed by atoms with Gasteiger partial charge in [0.15, 0.2) is 0 Å². The topological polar surface area (TPSA) is 101 Å². The summed E-state index contributed by atoms with van der Waals surface area (Å²) in [5.74, 6) is -0.261. The first-order chi connectivity index (χ1) is 12.4. The molecule has 4 N–H and O–H groups in total. The van der Waals surface area contributed by atoms with E-state index in [2.05, 4.69) is 10.0 Å². The van der Waals surface area contributed by atoms with Crippen molar-refractivity contribution >= 4 is 27.3 Å². The molecule has 0 unspecified atom stereocenters. The number of sulfonamides is 1. The Hall–Kier alpha value is -2.38. The minimum Gasteiger partial charge on any atom is -0.324 e. The molecule has 0 radical (unpaired) electrons. The van der Waals surface area contributed by atoms with Crippen LogP contribution in [0.2, 0.25) is 0 Å². The maximum atomic E-state index is 12.6. The second-order valence-corrected chi connectivity index (χ2v) is 8.35. The molecule has 0 spiro atoms. The Kier molecular flexibility index (Phi) is 5.29. The fourth-order valence-electron chi connectivity index (χ4n) is 3.13. The number of hydrogen-bond acceptors (Lipinski definition) is 4. The summed E-state index contributed by atoms with van der Waals surface area (Å²) in [6.45, 7) is 0. The molecule has 0 bridgehead atoms. The zero-order valence-corrected chi connectivity index (χ0v) is 15.3. The molecule has 0 saturated heterocycles. The molecule has 3 rings (SSSR count). The van der Waals surface area contributed by atoms with Gasteiger partial charge in [0.05, 0.1) is 10.4 Å². The molecule has 1 saturated carbocycles. The zero-order valence-electron chi connectivity index (χ0n) is 14.4. The molecule has 1 aliphatic carbocycles. The molecular weight excluding hydrogens is 350 g/mol. The molecular formula is C19H23N3O3S. The Morgan fingerprint density at radius 1 is 0.923 bits per heavy atom. The second-order valence-electron chi connectivity index (χ2n) is 6.67. The summed E-state index contributed by atoms with van der Waals surface area (Å²) in [7, 11) is -3.74. The van der Waals surface area contributed by atoms with Crippen LogP contribution in [-0.2, 0) is 14.8 Å². The van der Waals surface area contributed by atoms with E-state index in [1.54, 1.807) is 36.4 Å². The lowest BCUT2D eigenvalue weighted by atomic mass is 9.82. The van der Waals surface area contributed by atoms with Crippen molar-refractivity contribution in [3.05, 3.63) is 54.6 Å². The van der Waals surface area contributed by atoms with E-state index in [9.17, 15) is 13.2 Å². The molecule has 7 heteroatoms. The lowest BCUT2D eigenvalue weighted by molar-refractivity contribution is -0.122. The molecule has 0 atom stereocenters. The van der Waals surface area contributed by atoms with Crippen LogP contribution in [0, 0.1) is 0 Å². The molecule has 6 nitrogen and oxygen atoms in total. The molecule has 26 heavy (non-hydrogen) atoms. The van der Waals surface area contributed by atoms with Gasteiger partial charge in [-0.05, 0) is 43.2 Å². The summed E-state index contributed by atoms with van der Waals surface area (Å²) in [5.41, 5.74) is 6.25. The quantitative estimate of drug-likeness (QED) is 0.749. The predicted octanol–water partition coefficient (Wildman–Crippen LogP) is 3.09. The van der Waals surface area contributed by atoms with E-state index < -0.39 is 15.6 Å². The van der Waals surface area contributed by atoms with Crippen molar-refractivity contribution in [3.8, 4) is 0 Å². The number of para-hydroxylation sites is 1. The van der Waals surface area contributed by atoms with E-state index in [-0.39, 0.29) is 10.8 Å². The number of nitrogens with two attached hydrogens (primary N) is 1. The van der Waals surface area contributed by atoms with Gasteiger partial charge in [-0.1, -0.05) is 43.5 Å². The Morgan fingerprint density at radius 3 is 2.27 bits per heavy atom. The van der Waals surface area contributed by atoms with Crippen LogP contribution in [-0.4, -0.2) is 19.9 Å². The smallest absolute Gasteiger partial charge is 0.261 e. The fraction of sp³-hybridized carbons (Fsp3) is 0.316. The van der Waals surface area contributed by atoms with E-state index in [4.69, 9.17) is 5.73 Å². The fourth-order valence-corrected chi connectivity index (χ4v) is 4.23. The van der Waals surface area contributed by atoms with Gasteiger partial charge in [0.2, 0.25) is 5.91 Å². The summed E-state index contributed by atoms with van der Waals surface area (Å²) in [4.78, 5) is 12.6. The van der Waals surface area contributed by atoms with Gasteiger partial charge in [-0.15, -0.1) is 0 Å². The number of benzene rings is 2. The number of hydrogen-bond donors (Lipinski definition) is 3. The standard InChI is InChI=1S/C19H23N3O3S/c20-19(12-5-2-6-13-19)18(23)21-16-10-7-11-17(14-16)26(24,25)22-15-8-3-1-4-9-15/h1,3-4,7-11,14,22H,2,5-6,12-13,20H2,(H,21,23).